The van der Waals surface area contributed by atoms with Crippen LogP contribution in [0.5, 0.6) is 0 Å². The molecule has 1 aliphatic rings. The smallest absolute Gasteiger partial charge is 0.241 e. The van der Waals surface area contributed by atoms with Crippen molar-refractivity contribution in [1.29, 1.82) is 0 Å². The summed E-state index contributed by atoms with van der Waals surface area (Å²) >= 11 is 0. The van der Waals surface area contributed by atoms with Crippen LogP contribution in [-0.2, 0) is 11.2 Å². The highest BCUT2D eigenvalue weighted by Gasteiger charge is 2.16. The van der Waals surface area contributed by atoms with Gasteiger partial charge in [0, 0.05) is 24.1 Å². The zero-order valence-corrected chi connectivity index (χ0v) is 19.3. The topological polar surface area (TPSA) is 105 Å². The van der Waals surface area contributed by atoms with Gasteiger partial charge >= 0.3 is 0 Å². The highest BCUT2D eigenvalue weighted by Crippen LogP contribution is 2.27. The van der Waals surface area contributed by atoms with Crippen LogP contribution in [0.4, 0.5) is 23.1 Å². The van der Waals surface area contributed by atoms with E-state index in [4.69, 9.17) is 13.6 Å². The molecular formula is C26H31BN6O. The number of hydrogen-bond acceptors (Lipinski definition) is 6. The van der Waals surface area contributed by atoms with Crippen molar-refractivity contribution in [3.05, 3.63) is 66.4 Å². The molecule has 0 bridgehead atoms. The Kier molecular flexibility index (Phi) is 8.15. The summed E-state index contributed by atoms with van der Waals surface area (Å²) in [6.07, 6.45) is 8.51. The molecule has 0 aliphatic heterocycles. The Balaban J connectivity index is 1.33. The van der Waals surface area contributed by atoms with Gasteiger partial charge in [0.25, 0.3) is 0 Å². The quantitative estimate of drug-likeness (QED) is 0.350. The lowest BCUT2D eigenvalue weighted by Gasteiger charge is -2.14. The molecule has 174 valence electrons. The van der Waals surface area contributed by atoms with Crippen molar-refractivity contribution in [2.75, 3.05) is 22.5 Å². The van der Waals surface area contributed by atoms with E-state index < -0.39 is 6.04 Å². The normalized spacial score (nSPS) is 14.5. The minimum Gasteiger partial charge on any atom is -0.370 e. The zero-order valence-electron chi connectivity index (χ0n) is 19.3. The molecule has 1 aliphatic carbocycles. The van der Waals surface area contributed by atoms with E-state index in [9.17, 15) is 4.79 Å². The van der Waals surface area contributed by atoms with Crippen molar-refractivity contribution in [3.63, 3.8) is 0 Å². The van der Waals surface area contributed by atoms with Crippen LogP contribution in [0, 0.1) is 5.92 Å². The minimum atomic E-state index is -0.641. The number of amides is 1. The van der Waals surface area contributed by atoms with Gasteiger partial charge in [-0.15, -0.1) is 0 Å². The van der Waals surface area contributed by atoms with E-state index in [2.05, 4.69) is 25.9 Å². The van der Waals surface area contributed by atoms with E-state index in [1.807, 2.05) is 54.6 Å². The molecule has 1 amide bonds. The number of carbonyl (C=O) groups is 1. The molecule has 1 unspecified atom stereocenters. The standard InChI is InChI=1S/C26H31BN6O/c27-22-17-30-26(33-24(22)29-14-13-18-7-4-5-8-18)32-21-12-6-11-20(16-21)31-25(34)23(28)15-19-9-2-1-3-10-19/h1-3,6,9-12,16-18,23H,4-5,7-8,13-15,28H2,(H,31,34)(H2,29,30,32,33). The van der Waals surface area contributed by atoms with E-state index in [1.54, 1.807) is 6.20 Å². The van der Waals surface area contributed by atoms with Crippen molar-refractivity contribution < 1.29 is 4.79 Å². The molecule has 5 N–H and O–H groups in total. The van der Waals surface area contributed by atoms with Crippen LogP contribution >= 0.6 is 0 Å². The van der Waals surface area contributed by atoms with E-state index in [0.717, 1.165) is 30.1 Å². The van der Waals surface area contributed by atoms with Gasteiger partial charge in [-0.2, -0.15) is 4.98 Å². The van der Waals surface area contributed by atoms with Gasteiger partial charge in [-0.05, 0) is 48.0 Å². The number of aromatic nitrogens is 2. The average molecular weight is 454 g/mol. The number of rotatable bonds is 10. The maximum absolute atomic E-state index is 12.6. The Bertz CT molecular complexity index is 1090. The Morgan fingerprint density at radius 2 is 1.85 bits per heavy atom. The summed E-state index contributed by atoms with van der Waals surface area (Å²) in [5, 5.41) is 9.42. The Morgan fingerprint density at radius 3 is 2.65 bits per heavy atom. The summed E-state index contributed by atoms with van der Waals surface area (Å²) in [6, 6.07) is 16.5. The van der Waals surface area contributed by atoms with E-state index >= 15 is 0 Å². The molecule has 0 spiro atoms. The SMILES string of the molecule is [B]c1cnc(Nc2cccc(NC(=O)C(N)Cc3ccccc3)c2)nc1NCCC1CCCC1. The number of carbonyl (C=O) groups excluding carboxylic acids is 1. The van der Waals surface area contributed by atoms with Crippen molar-refractivity contribution in [3.8, 4) is 0 Å². The summed E-state index contributed by atoms with van der Waals surface area (Å²) in [5.74, 6) is 1.62. The lowest BCUT2D eigenvalue weighted by Crippen LogP contribution is -2.37. The minimum absolute atomic E-state index is 0.238. The van der Waals surface area contributed by atoms with Gasteiger partial charge in [0.2, 0.25) is 11.9 Å². The van der Waals surface area contributed by atoms with Crippen LogP contribution in [0.2, 0.25) is 0 Å². The van der Waals surface area contributed by atoms with Crippen molar-refractivity contribution in [1.82, 2.24) is 9.97 Å². The molecular weight excluding hydrogens is 423 g/mol. The van der Waals surface area contributed by atoms with Crippen molar-refractivity contribution >= 4 is 42.4 Å². The first-order chi connectivity index (χ1) is 16.6. The molecule has 2 radical (unpaired) electrons. The predicted octanol–water partition coefficient (Wildman–Crippen LogP) is 3.51. The molecule has 3 aromatic rings. The largest absolute Gasteiger partial charge is 0.370 e. The van der Waals surface area contributed by atoms with E-state index in [0.29, 0.717) is 29.3 Å². The average Bonchev–Trinajstić information content (AvgIpc) is 3.35. The number of anilines is 4. The Labute approximate surface area is 202 Å². The van der Waals surface area contributed by atoms with Crippen molar-refractivity contribution in [2.45, 2.75) is 44.6 Å². The van der Waals surface area contributed by atoms with Crippen LogP contribution in [0.25, 0.3) is 0 Å². The number of benzene rings is 2. The fraction of sp³-hybridized carbons (Fsp3) is 0.346. The van der Waals surface area contributed by atoms with Gasteiger partial charge in [0.15, 0.2) is 0 Å². The molecule has 34 heavy (non-hydrogen) atoms. The molecule has 0 saturated heterocycles. The fourth-order valence-corrected chi connectivity index (χ4v) is 4.29. The van der Waals surface area contributed by atoms with Crippen LogP contribution in [0.1, 0.15) is 37.7 Å². The zero-order chi connectivity index (χ0) is 23.8. The Morgan fingerprint density at radius 1 is 1.09 bits per heavy atom. The second-order valence-electron chi connectivity index (χ2n) is 8.85. The van der Waals surface area contributed by atoms with Gasteiger partial charge in [-0.25, -0.2) is 4.98 Å². The summed E-state index contributed by atoms with van der Waals surface area (Å²) in [7, 11) is 6.06. The van der Waals surface area contributed by atoms with Crippen LogP contribution in [0.3, 0.4) is 0 Å². The molecule has 2 aromatic carbocycles. The first-order valence-corrected chi connectivity index (χ1v) is 11.9. The van der Waals surface area contributed by atoms with Gasteiger partial charge < -0.3 is 21.7 Å². The maximum Gasteiger partial charge on any atom is 0.241 e. The first-order valence-electron chi connectivity index (χ1n) is 11.9. The lowest BCUT2D eigenvalue weighted by molar-refractivity contribution is -0.117. The number of nitrogens with one attached hydrogen (secondary N) is 3. The molecule has 1 aromatic heterocycles. The van der Waals surface area contributed by atoms with Gasteiger partial charge in [-0.3, -0.25) is 4.79 Å². The number of nitrogens with zero attached hydrogens (tertiary/aromatic N) is 2. The van der Waals surface area contributed by atoms with Gasteiger partial charge in [0.05, 0.1) is 6.04 Å². The second kappa shape index (κ2) is 11.7. The van der Waals surface area contributed by atoms with E-state index in [1.165, 1.54) is 25.7 Å². The molecule has 7 nitrogen and oxygen atoms in total. The third kappa shape index (κ3) is 6.81. The van der Waals surface area contributed by atoms with Crippen LogP contribution in [0.15, 0.2) is 60.8 Å². The second-order valence-corrected chi connectivity index (χ2v) is 8.85. The van der Waals surface area contributed by atoms with Crippen LogP contribution in [-0.4, -0.2) is 36.3 Å². The van der Waals surface area contributed by atoms with E-state index in [-0.39, 0.29) is 5.91 Å². The highest BCUT2D eigenvalue weighted by atomic mass is 16.2. The lowest BCUT2D eigenvalue weighted by atomic mass is 9.98. The third-order valence-corrected chi connectivity index (χ3v) is 6.16. The fourth-order valence-electron chi connectivity index (χ4n) is 4.29. The summed E-state index contributed by atoms with van der Waals surface area (Å²) in [5.41, 5.74) is 9.03. The highest BCUT2D eigenvalue weighted by molar-refractivity contribution is 6.35. The molecule has 8 heteroatoms. The van der Waals surface area contributed by atoms with Gasteiger partial charge in [-0.1, -0.05) is 62.1 Å². The summed E-state index contributed by atoms with van der Waals surface area (Å²) in [6.45, 7) is 0.843. The molecule has 1 heterocycles. The van der Waals surface area contributed by atoms with Crippen molar-refractivity contribution in [2.24, 2.45) is 11.7 Å². The van der Waals surface area contributed by atoms with Gasteiger partial charge in [0.1, 0.15) is 13.7 Å². The monoisotopic (exact) mass is 454 g/mol. The number of hydrogen-bond donors (Lipinski definition) is 4. The molecule has 4 rings (SSSR count). The summed E-state index contributed by atoms with van der Waals surface area (Å²) in [4.78, 5) is 21.4. The molecule has 1 atom stereocenters. The first kappa shape index (κ1) is 23.8. The molecule has 1 saturated carbocycles. The third-order valence-electron chi connectivity index (χ3n) is 6.16. The van der Waals surface area contributed by atoms with Crippen LogP contribution < -0.4 is 27.1 Å². The summed E-state index contributed by atoms with van der Waals surface area (Å²) < 4.78 is 0. The molecule has 1 fully saturated rings. The maximum atomic E-state index is 12.6. The number of nitrogens with two attached hydrogens (primary N) is 1. The Hall–Kier alpha value is -3.39. The predicted molar refractivity (Wildman–Crippen MR) is 139 cm³/mol.